The van der Waals surface area contributed by atoms with Crippen LogP contribution in [0.5, 0.6) is 0 Å². The number of thioether (sulfide) groups is 1. The second kappa shape index (κ2) is 7.64. The number of esters is 1. The first-order valence-electron chi connectivity index (χ1n) is 6.16. The number of aromatic nitrogens is 2. The number of rotatable bonds is 5. The summed E-state index contributed by atoms with van der Waals surface area (Å²) in [6.07, 6.45) is 1.63. The maximum absolute atomic E-state index is 11.3. The molecule has 2 aromatic rings. The van der Waals surface area contributed by atoms with Crippen LogP contribution in [0.4, 0.5) is 0 Å². The molecule has 0 bridgehead atoms. The normalized spacial score (nSPS) is 10.4. The number of hydrogen-bond donors (Lipinski definition) is 0. The van der Waals surface area contributed by atoms with Crippen molar-refractivity contribution in [2.24, 2.45) is 0 Å². The van der Waals surface area contributed by atoms with Gasteiger partial charge >= 0.3 is 5.97 Å². The number of hydrogen-bond acceptors (Lipinski definition) is 5. The van der Waals surface area contributed by atoms with E-state index in [9.17, 15) is 4.79 Å². The highest BCUT2D eigenvalue weighted by molar-refractivity contribution is 7.99. The summed E-state index contributed by atoms with van der Waals surface area (Å²) < 4.78 is 4.86. The molecule has 0 unspecified atom stereocenters. The quantitative estimate of drug-likeness (QED) is 0.465. The van der Waals surface area contributed by atoms with Gasteiger partial charge < -0.3 is 4.74 Å². The summed E-state index contributed by atoms with van der Waals surface area (Å²) in [6.45, 7) is 2.13. The van der Waals surface area contributed by atoms with E-state index < -0.39 is 0 Å². The van der Waals surface area contributed by atoms with Gasteiger partial charge in [0.05, 0.1) is 18.1 Å². The van der Waals surface area contributed by atoms with Crippen LogP contribution in [0.3, 0.4) is 0 Å². The SMILES string of the molecule is CCOC(=O)CSc1nccc(-c2cc(Cl)cc(Cl)c2)n1. The third-order valence-electron chi connectivity index (χ3n) is 2.42. The van der Waals surface area contributed by atoms with Gasteiger partial charge in [0.15, 0.2) is 5.16 Å². The Balaban J connectivity index is 2.15. The summed E-state index contributed by atoms with van der Waals surface area (Å²) in [6, 6.07) is 6.96. The molecular weight excluding hydrogens is 331 g/mol. The highest BCUT2D eigenvalue weighted by atomic mass is 35.5. The van der Waals surface area contributed by atoms with Crippen molar-refractivity contribution >= 4 is 40.9 Å². The molecule has 0 saturated heterocycles. The number of carbonyl (C=O) groups excluding carboxylic acids is 1. The Morgan fingerprint density at radius 3 is 2.67 bits per heavy atom. The van der Waals surface area contributed by atoms with Crippen molar-refractivity contribution in [2.45, 2.75) is 12.1 Å². The van der Waals surface area contributed by atoms with Crippen molar-refractivity contribution in [3.63, 3.8) is 0 Å². The van der Waals surface area contributed by atoms with Crippen molar-refractivity contribution in [2.75, 3.05) is 12.4 Å². The van der Waals surface area contributed by atoms with Crippen molar-refractivity contribution < 1.29 is 9.53 Å². The molecular formula is C14H12Cl2N2O2S. The van der Waals surface area contributed by atoms with Crippen LogP contribution in [-0.2, 0) is 9.53 Å². The van der Waals surface area contributed by atoms with E-state index in [1.165, 1.54) is 11.8 Å². The minimum atomic E-state index is -0.290. The van der Waals surface area contributed by atoms with Gasteiger partial charge in [0.25, 0.3) is 0 Å². The summed E-state index contributed by atoms with van der Waals surface area (Å²) >= 11 is 13.2. The van der Waals surface area contributed by atoms with Crippen LogP contribution in [0.2, 0.25) is 10.0 Å². The lowest BCUT2D eigenvalue weighted by Gasteiger charge is -2.05. The first-order chi connectivity index (χ1) is 10.1. The molecule has 1 heterocycles. The molecule has 4 nitrogen and oxygen atoms in total. The van der Waals surface area contributed by atoms with Crippen molar-refractivity contribution in [1.82, 2.24) is 9.97 Å². The van der Waals surface area contributed by atoms with Crippen LogP contribution in [-0.4, -0.2) is 28.3 Å². The van der Waals surface area contributed by atoms with E-state index in [0.717, 1.165) is 5.56 Å². The second-order valence-electron chi connectivity index (χ2n) is 3.98. The molecule has 110 valence electrons. The number of halogens is 2. The summed E-state index contributed by atoms with van der Waals surface area (Å²) in [5, 5.41) is 1.57. The molecule has 0 saturated carbocycles. The molecule has 7 heteroatoms. The molecule has 0 fully saturated rings. The predicted octanol–water partition coefficient (Wildman–Crippen LogP) is 4.11. The van der Waals surface area contributed by atoms with Gasteiger partial charge in [-0.05, 0) is 31.2 Å². The first-order valence-corrected chi connectivity index (χ1v) is 7.90. The Morgan fingerprint density at radius 2 is 2.00 bits per heavy atom. The fraction of sp³-hybridized carbons (Fsp3) is 0.214. The molecule has 0 atom stereocenters. The molecule has 21 heavy (non-hydrogen) atoms. The number of nitrogens with zero attached hydrogens (tertiary/aromatic N) is 2. The summed E-state index contributed by atoms with van der Waals surface area (Å²) in [5.74, 6) is -0.115. The summed E-state index contributed by atoms with van der Waals surface area (Å²) in [5.41, 5.74) is 1.49. The average molecular weight is 343 g/mol. The molecule has 0 amide bonds. The number of carbonyl (C=O) groups is 1. The fourth-order valence-electron chi connectivity index (χ4n) is 1.60. The number of ether oxygens (including phenoxy) is 1. The molecule has 0 N–H and O–H groups in total. The van der Waals surface area contributed by atoms with E-state index in [1.54, 1.807) is 37.4 Å². The van der Waals surface area contributed by atoms with Gasteiger partial charge in [-0.25, -0.2) is 9.97 Å². The predicted molar refractivity (Wildman–Crippen MR) is 84.8 cm³/mol. The maximum atomic E-state index is 11.3. The molecule has 2 rings (SSSR count). The Labute approximate surface area is 136 Å². The highest BCUT2D eigenvalue weighted by Crippen LogP contribution is 2.26. The van der Waals surface area contributed by atoms with Gasteiger partial charge in [0.1, 0.15) is 0 Å². The van der Waals surface area contributed by atoms with Gasteiger partial charge in [-0.2, -0.15) is 0 Å². The summed E-state index contributed by atoms with van der Waals surface area (Å²) in [7, 11) is 0. The van der Waals surface area contributed by atoms with Crippen LogP contribution in [0.15, 0.2) is 35.6 Å². The fourth-order valence-corrected chi connectivity index (χ4v) is 2.75. The maximum Gasteiger partial charge on any atom is 0.316 e. The minimum absolute atomic E-state index is 0.174. The van der Waals surface area contributed by atoms with Crippen molar-refractivity contribution in [1.29, 1.82) is 0 Å². The Kier molecular flexibility index (Phi) is 5.85. The second-order valence-corrected chi connectivity index (χ2v) is 5.79. The zero-order valence-corrected chi connectivity index (χ0v) is 13.5. The highest BCUT2D eigenvalue weighted by Gasteiger charge is 2.08. The molecule has 0 aliphatic heterocycles. The van der Waals surface area contributed by atoms with Gasteiger partial charge in [-0.1, -0.05) is 35.0 Å². The van der Waals surface area contributed by atoms with E-state index in [2.05, 4.69) is 9.97 Å². The van der Waals surface area contributed by atoms with E-state index in [0.29, 0.717) is 27.5 Å². The zero-order chi connectivity index (χ0) is 15.2. The molecule has 0 spiro atoms. The van der Waals surface area contributed by atoms with E-state index in [1.807, 2.05) is 0 Å². The Hall–Kier alpha value is -1.30. The Bertz CT molecular complexity index is 632. The largest absolute Gasteiger partial charge is 0.465 e. The summed E-state index contributed by atoms with van der Waals surface area (Å²) in [4.78, 5) is 19.8. The minimum Gasteiger partial charge on any atom is -0.465 e. The molecule has 0 aliphatic carbocycles. The third-order valence-corrected chi connectivity index (χ3v) is 3.69. The molecule has 1 aromatic heterocycles. The number of benzene rings is 1. The Morgan fingerprint density at radius 1 is 1.29 bits per heavy atom. The molecule has 0 aliphatic rings. The first kappa shape index (κ1) is 16.1. The average Bonchev–Trinajstić information content (AvgIpc) is 2.45. The lowest BCUT2D eigenvalue weighted by atomic mass is 10.1. The van der Waals surface area contributed by atoms with Gasteiger partial charge in [-0.3, -0.25) is 4.79 Å². The van der Waals surface area contributed by atoms with Crippen LogP contribution in [0.1, 0.15) is 6.92 Å². The van der Waals surface area contributed by atoms with Gasteiger partial charge in [-0.15, -0.1) is 0 Å². The smallest absolute Gasteiger partial charge is 0.316 e. The van der Waals surface area contributed by atoms with Crippen LogP contribution in [0.25, 0.3) is 11.3 Å². The lowest BCUT2D eigenvalue weighted by molar-refractivity contribution is -0.139. The molecule has 1 aromatic carbocycles. The van der Waals surface area contributed by atoms with Crippen LogP contribution in [0, 0.1) is 0 Å². The van der Waals surface area contributed by atoms with Crippen LogP contribution < -0.4 is 0 Å². The monoisotopic (exact) mass is 342 g/mol. The van der Waals surface area contributed by atoms with Gasteiger partial charge in [0.2, 0.25) is 0 Å². The van der Waals surface area contributed by atoms with Crippen LogP contribution >= 0.6 is 35.0 Å². The zero-order valence-electron chi connectivity index (χ0n) is 11.2. The molecule has 0 radical (unpaired) electrons. The standard InChI is InChI=1S/C14H12Cl2N2O2S/c1-2-20-13(19)8-21-14-17-4-3-12(18-14)9-5-10(15)7-11(16)6-9/h3-7H,2,8H2,1H3. The van der Waals surface area contributed by atoms with E-state index in [4.69, 9.17) is 27.9 Å². The van der Waals surface area contributed by atoms with Gasteiger partial charge in [0, 0.05) is 21.8 Å². The topological polar surface area (TPSA) is 52.1 Å². The van der Waals surface area contributed by atoms with E-state index >= 15 is 0 Å². The lowest BCUT2D eigenvalue weighted by Crippen LogP contribution is -2.07. The van der Waals surface area contributed by atoms with E-state index in [-0.39, 0.29) is 11.7 Å². The van der Waals surface area contributed by atoms with Crippen molar-refractivity contribution in [3.8, 4) is 11.3 Å². The third kappa shape index (κ3) is 4.88. The van der Waals surface area contributed by atoms with Crippen molar-refractivity contribution in [3.05, 3.63) is 40.5 Å².